The van der Waals surface area contributed by atoms with E-state index in [1.54, 1.807) is 19.1 Å². The smallest absolute Gasteiger partial charge is 0.167 e. The number of hydrogen-bond donors (Lipinski definition) is 4. The van der Waals surface area contributed by atoms with Crippen LogP contribution in [0.5, 0.6) is 5.75 Å². The molecular formula is C37H42FN3O5. The number of rotatable bonds is 10. The number of halogens is 1. The van der Waals surface area contributed by atoms with E-state index < -0.39 is 24.1 Å². The van der Waals surface area contributed by atoms with E-state index in [1.165, 1.54) is 13.2 Å². The van der Waals surface area contributed by atoms with E-state index >= 15 is 0 Å². The average molecular weight is 628 g/mol. The molecule has 9 heteroatoms. The van der Waals surface area contributed by atoms with Crippen LogP contribution in [-0.2, 0) is 4.79 Å². The molecule has 1 aliphatic carbocycles. The van der Waals surface area contributed by atoms with Crippen molar-refractivity contribution in [2.24, 2.45) is 16.8 Å². The number of carbonyl (C=O) groups excluding carboxylic acids is 2. The van der Waals surface area contributed by atoms with E-state index in [0.717, 1.165) is 53.1 Å². The number of Topliss-reactive ketones (excluding diaryl/α,β-unsaturated/α-hetero) is 2. The van der Waals surface area contributed by atoms with Crippen molar-refractivity contribution in [1.82, 2.24) is 5.32 Å². The molecule has 5 rings (SSSR count). The van der Waals surface area contributed by atoms with Gasteiger partial charge in [0.2, 0.25) is 0 Å². The Morgan fingerprint density at radius 2 is 1.96 bits per heavy atom. The zero-order valence-corrected chi connectivity index (χ0v) is 26.6. The van der Waals surface area contributed by atoms with Gasteiger partial charge in [-0.2, -0.15) is 0 Å². The van der Waals surface area contributed by atoms with E-state index in [9.17, 15) is 24.2 Å². The van der Waals surface area contributed by atoms with Crippen molar-refractivity contribution in [1.29, 1.82) is 0 Å². The van der Waals surface area contributed by atoms with Crippen LogP contribution in [0.4, 0.5) is 10.1 Å². The van der Waals surface area contributed by atoms with Crippen LogP contribution < -0.4 is 15.4 Å². The summed E-state index contributed by atoms with van der Waals surface area (Å²) in [5.41, 5.74) is 6.16. The monoisotopic (exact) mass is 627 g/mol. The summed E-state index contributed by atoms with van der Waals surface area (Å²) in [6, 6.07) is 9.97. The van der Waals surface area contributed by atoms with Crippen molar-refractivity contribution in [3.63, 3.8) is 0 Å². The van der Waals surface area contributed by atoms with Crippen molar-refractivity contribution in [2.45, 2.75) is 64.7 Å². The fraction of sp³-hybridized carbons (Fsp3) is 0.378. The first kappa shape index (κ1) is 33.2. The maximum Gasteiger partial charge on any atom is 0.167 e. The lowest BCUT2D eigenvalue weighted by Gasteiger charge is -2.21. The molecule has 0 radical (unpaired) electrons. The topological polar surface area (TPSA) is 120 Å². The van der Waals surface area contributed by atoms with Crippen molar-refractivity contribution in [2.75, 3.05) is 19.0 Å². The maximum atomic E-state index is 14.6. The highest BCUT2D eigenvalue weighted by Gasteiger charge is 2.30. The number of nitrogens with zero attached hydrogens (tertiary/aromatic N) is 1. The van der Waals surface area contributed by atoms with Crippen LogP contribution in [-0.4, -0.2) is 53.5 Å². The van der Waals surface area contributed by atoms with Gasteiger partial charge in [0.1, 0.15) is 0 Å². The minimum absolute atomic E-state index is 0.0232. The Morgan fingerprint density at radius 3 is 2.70 bits per heavy atom. The number of hydrogen-bond acceptors (Lipinski definition) is 8. The quantitative estimate of drug-likeness (QED) is 0.144. The highest BCUT2D eigenvalue weighted by Crippen LogP contribution is 2.37. The molecule has 0 aromatic heterocycles. The van der Waals surface area contributed by atoms with Gasteiger partial charge >= 0.3 is 0 Å². The number of anilines is 1. The second-order valence-corrected chi connectivity index (χ2v) is 12.1. The number of ketones is 2. The van der Waals surface area contributed by atoms with Crippen molar-refractivity contribution in [3.8, 4) is 5.75 Å². The van der Waals surface area contributed by atoms with Gasteiger partial charge in [0.15, 0.2) is 29.4 Å². The van der Waals surface area contributed by atoms with Crippen LogP contribution in [0.25, 0.3) is 5.57 Å². The number of allylic oxidation sites excluding steroid dienone is 5. The first-order valence-corrected chi connectivity index (χ1v) is 15.9. The molecule has 2 aromatic carbocycles. The molecule has 0 saturated heterocycles. The molecular weight excluding hydrogens is 585 g/mol. The molecule has 0 bridgehead atoms. The van der Waals surface area contributed by atoms with E-state index in [4.69, 9.17) is 9.73 Å². The molecule has 0 saturated carbocycles. The first-order chi connectivity index (χ1) is 22.2. The van der Waals surface area contributed by atoms with Gasteiger partial charge in [-0.1, -0.05) is 37.3 Å². The zero-order chi connectivity index (χ0) is 32.8. The Bertz CT molecular complexity index is 1640. The summed E-state index contributed by atoms with van der Waals surface area (Å²) in [4.78, 5) is 31.4. The van der Waals surface area contributed by atoms with Gasteiger partial charge in [-0.25, -0.2) is 4.39 Å². The summed E-state index contributed by atoms with van der Waals surface area (Å²) in [5, 5.41) is 25.8. The lowest BCUT2D eigenvalue weighted by Crippen LogP contribution is -2.40. The van der Waals surface area contributed by atoms with E-state index in [1.807, 2.05) is 37.4 Å². The molecule has 8 nitrogen and oxygen atoms in total. The molecule has 2 aromatic rings. The number of aliphatic hydroxyl groups excluding tert-OH is 1. The zero-order valence-electron chi connectivity index (χ0n) is 26.6. The summed E-state index contributed by atoms with van der Waals surface area (Å²) < 4.78 is 19.7. The Kier molecular flexibility index (Phi) is 10.8. The number of aliphatic imine (C=N–C) groups is 1. The number of fused-ring (bicyclic) bond motifs is 1. The van der Waals surface area contributed by atoms with Crippen molar-refractivity contribution in [3.05, 3.63) is 101 Å². The fourth-order valence-corrected chi connectivity index (χ4v) is 6.31. The summed E-state index contributed by atoms with van der Waals surface area (Å²) in [6.07, 6.45) is 11.8. The van der Waals surface area contributed by atoms with Crippen LogP contribution in [0.1, 0.15) is 66.9 Å². The van der Waals surface area contributed by atoms with Crippen LogP contribution in [0.3, 0.4) is 0 Å². The molecule has 4 N–H and O–H groups in total. The lowest BCUT2D eigenvalue weighted by atomic mass is 9.86. The lowest BCUT2D eigenvalue weighted by molar-refractivity contribution is -0.116. The first-order valence-electron chi connectivity index (χ1n) is 15.9. The van der Waals surface area contributed by atoms with Gasteiger partial charge in [0, 0.05) is 35.7 Å². The summed E-state index contributed by atoms with van der Waals surface area (Å²) in [6.45, 7) is 4.19. The van der Waals surface area contributed by atoms with Gasteiger partial charge in [-0.15, -0.1) is 0 Å². The summed E-state index contributed by atoms with van der Waals surface area (Å²) in [7, 11) is 1.45. The summed E-state index contributed by atoms with van der Waals surface area (Å²) >= 11 is 0. The number of ether oxygens (including phenoxy) is 1. The minimum Gasteiger partial charge on any atom is -0.494 e. The molecule has 0 fully saturated rings. The Labute approximate surface area is 269 Å². The number of benzene rings is 2. The van der Waals surface area contributed by atoms with Crippen LogP contribution in [0.15, 0.2) is 83.2 Å². The van der Waals surface area contributed by atoms with Crippen molar-refractivity contribution >= 4 is 28.5 Å². The highest BCUT2D eigenvalue weighted by molar-refractivity contribution is 6.12. The van der Waals surface area contributed by atoms with Gasteiger partial charge in [0.05, 0.1) is 24.6 Å². The number of aryl methyl sites for hydroxylation is 1. The molecule has 0 spiro atoms. The Hall–Kier alpha value is -4.18. The molecule has 3 unspecified atom stereocenters. The van der Waals surface area contributed by atoms with E-state index in [-0.39, 0.29) is 36.1 Å². The Balaban J connectivity index is 1.28. The molecule has 2 heterocycles. The van der Waals surface area contributed by atoms with Gasteiger partial charge in [-0.05, 0) is 98.2 Å². The maximum absolute atomic E-state index is 14.6. The van der Waals surface area contributed by atoms with Crippen LogP contribution >= 0.6 is 0 Å². The second-order valence-electron chi connectivity index (χ2n) is 12.1. The predicted molar refractivity (Wildman–Crippen MR) is 178 cm³/mol. The molecule has 242 valence electrons. The number of nitrogens with one attached hydrogen (secondary N) is 2. The predicted octanol–water partition coefficient (Wildman–Crippen LogP) is 6.06. The van der Waals surface area contributed by atoms with Gasteiger partial charge < -0.3 is 25.6 Å². The number of carbonyl (C=O) groups is 2. The molecule has 46 heavy (non-hydrogen) atoms. The van der Waals surface area contributed by atoms with Gasteiger partial charge in [0.25, 0.3) is 0 Å². The minimum atomic E-state index is -1.56. The molecule has 3 atom stereocenters. The SMILES string of the molecule is COc1ccc(C2=CN=C3/C(Nc4ccc(C(=O)C(C)CC(=O)C5=CCCNC(C(O)O)C5)c(C)c4)=C/C/C=C\CCC23)cc1F. The molecule has 0 amide bonds. The fourth-order valence-electron chi connectivity index (χ4n) is 6.31. The normalized spacial score (nSPS) is 22.4. The van der Waals surface area contributed by atoms with Crippen LogP contribution in [0.2, 0.25) is 0 Å². The van der Waals surface area contributed by atoms with Crippen molar-refractivity contribution < 1.29 is 28.9 Å². The number of aliphatic hydroxyl groups is 2. The van der Waals surface area contributed by atoms with Gasteiger partial charge in [-0.3, -0.25) is 14.6 Å². The third kappa shape index (κ3) is 7.61. The largest absolute Gasteiger partial charge is 0.494 e. The van der Waals surface area contributed by atoms with Crippen LogP contribution in [0, 0.1) is 24.6 Å². The average Bonchev–Trinajstić information content (AvgIpc) is 3.32. The third-order valence-corrected chi connectivity index (χ3v) is 8.87. The Morgan fingerprint density at radius 1 is 1.13 bits per heavy atom. The van der Waals surface area contributed by atoms with E-state index in [2.05, 4.69) is 28.9 Å². The molecule has 2 aliphatic heterocycles. The number of methoxy groups -OCH3 is 1. The van der Waals surface area contributed by atoms with E-state index in [0.29, 0.717) is 24.1 Å². The second kappa shape index (κ2) is 14.9. The third-order valence-electron chi connectivity index (χ3n) is 8.87. The highest BCUT2D eigenvalue weighted by atomic mass is 19.1. The molecule has 3 aliphatic rings. The standard InChI is InChI=1S/C37H42FN3O5/c1-22-17-26(13-14-27(22)36(43)23(2)18-33(42)25-9-8-16-39-32(20-25)37(44)45)41-31-11-7-5-4-6-10-28-29(21-40-35(28)31)24-12-15-34(46-3)30(38)19-24/h4-5,9,11-15,17,19,21,23,28,32,37,39,41,44-45H,6-8,10,16,18,20H2,1-3H3/b5-4-,31-11-. The summed E-state index contributed by atoms with van der Waals surface area (Å²) in [5.74, 6) is -1.04.